The van der Waals surface area contributed by atoms with Crippen LogP contribution in [0.5, 0.6) is 0 Å². The first-order valence-electron chi connectivity index (χ1n) is 7.62. The Bertz CT molecular complexity index is 1130. The Labute approximate surface area is 158 Å². The summed E-state index contributed by atoms with van der Waals surface area (Å²) < 4.78 is 34.4. The number of hydrogen-bond donors (Lipinski definition) is 1. The molecule has 26 heavy (non-hydrogen) atoms. The minimum atomic E-state index is -3.66. The molecule has 2 aromatic carbocycles. The summed E-state index contributed by atoms with van der Waals surface area (Å²) in [5.41, 5.74) is 4.12. The van der Waals surface area contributed by atoms with Gasteiger partial charge in [0, 0.05) is 15.6 Å². The summed E-state index contributed by atoms with van der Waals surface area (Å²) in [6.45, 7) is 0. The van der Waals surface area contributed by atoms with Gasteiger partial charge >= 0.3 is 0 Å². The van der Waals surface area contributed by atoms with Crippen LogP contribution in [-0.4, -0.2) is 20.5 Å². The lowest BCUT2D eigenvalue weighted by Crippen LogP contribution is -2.17. The average molecular weight is 430 g/mol. The van der Waals surface area contributed by atoms with Gasteiger partial charge in [-0.3, -0.25) is 5.43 Å². The standard InChI is InChI=1S/C18H12BrN3O3S/c19-13-7-5-12(6-8-13)16-10-9-14(25-16)11-20-21-18-15-3-1-2-4-17(15)26(23,24)22-18/h1-11H,(H,21,22)/b20-11+. The molecule has 0 bridgehead atoms. The van der Waals surface area contributed by atoms with Crippen molar-refractivity contribution in [3.05, 3.63) is 76.5 Å². The van der Waals surface area contributed by atoms with Gasteiger partial charge in [-0.1, -0.05) is 40.2 Å². The summed E-state index contributed by atoms with van der Waals surface area (Å²) >= 11 is 3.40. The van der Waals surface area contributed by atoms with Crippen LogP contribution in [-0.2, 0) is 10.0 Å². The van der Waals surface area contributed by atoms with E-state index in [4.69, 9.17) is 4.42 Å². The SMILES string of the molecule is O=S1(=O)N=C(N/N=C/c2ccc(-c3ccc(Br)cc3)o2)c2ccccc21. The number of halogens is 1. The molecule has 4 rings (SSSR count). The molecule has 6 nitrogen and oxygen atoms in total. The first-order chi connectivity index (χ1) is 12.5. The summed E-state index contributed by atoms with van der Waals surface area (Å²) in [7, 11) is -3.66. The molecule has 0 aliphatic carbocycles. The molecule has 1 aliphatic heterocycles. The van der Waals surface area contributed by atoms with Crippen LogP contribution in [0.3, 0.4) is 0 Å². The van der Waals surface area contributed by atoms with Crippen LogP contribution in [0.15, 0.2) is 83.9 Å². The highest BCUT2D eigenvalue weighted by molar-refractivity contribution is 9.10. The number of furan rings is 1. The number of nitrogens with one attached hydrogen (secondary N) is 1. The van der Waals surface area contributed by atoms with Crippen LogP contribution in [0.1, 0.15) is 11.3 Å². The Morgan fingerprint density at radius 1 is 1.04 bits per heavy atom. The molecule has 0 radical (unpaired) electrons. The number of hydrogen-bond acceptors (Lipinski definition) is 5. The lowest BCUT2D eigenvalue weighted by molar-refractivity contribution is 0.574. The van der Waals surface area contributed by atoms with Gasteiger partial charge in [0.25, 0.3) is 10.0 Å². The second-order valence-electron chi connectivity index (χ2n) is 5.49. The molecule has 0 saturated carbocycles. The van der Waals surface area contributed by atoms with Crippen LogP contribution in [0, 0.1) is 0 Å². The zero-order chi connectivity index (χ0) is 18.1. The van der Waals surface area contributed by atoms with E-state index < -0.39 is 10.0 Å². The van der Waals surface area contributed by atoms with Crippen molar-refractivity contribution >= 4 is 38.0 Å². The van der Waals surface area contributed by atoms with Crippen molar-refractivity contribution in [1.29, 1.82) is 0 Å². The maximum Gasteiger partial charge on any atom is 0.285 e. The largest absolute Gasteiger partial charge is 0.455 e. The van der Waals surface area contributed by atoms with Gasteiger partial charge in [0.1, 0.15) is 16.4 Å². The van der Waals surface area contributed by atoms with Crippen LogP contribution in [0.4, 0.5) is 0 Å². The van der Waals surface area contributed by atoms with E-state index in [1.807, 2.05) is 30.3 Å². The van der Waals surface area contributed by atoms with Gasteiger partial charge in [-0.05, 0) is 36.4 Å². The summed E-state index contributed by atoms with van der Waals surface area (Å²) in [6.07, 6.45) is 1.47. The summed E-state index contributed by atoms with van der Waals surface area (Å²) in [4.78, 5) is 0.174. The fraction of sp³-hybridized carbons (Fsp3) is 0. The molecule has 1 aromatic heterocycles. The van der Waals surface area contributed by atoms with Gasteiger partial charge in [0.05, 0.1) is 6.21 Å². The Balaban J connectivity index is 1.51. The van der Waals surface area contributed by atoms with E-state index in [2.05, 4.69) is 30.9 Å². The van der Waals surface area contributed by atoms with Crippen LogP contribution >= 0.6 is 15.9 Å². The van der Waals surface area contributed by atoms with Gasteiger partial charge < -0.3 is 4.42 Å². The quantitative estimate of drug-likeness (QED) is 0.507. The van der Waals surface area contributed by atoms with E-state index in [9.17, 15) is 8.42 Å². The molecule has 2 heterocycles. The molecule has 0 unspecified atom stereocenters. The Morgan fingerprint density at radius 3 is 2.62 bits per heavy atom. The van der Waals surface area contributed by atoms with Crippen molar-refractivity contribution < 1.29 is 12.8 Å². The van der Waals surface area contributed by atoms with E-state index in [-0.39, 0.29) is 10.7 Å². The van der Waals surface area contributed by atoms with Crippen molar-refractivity contribution in [3.63, 3.8) is 0 Å². The van der Waals surface area contributed by atoms with E-state index in [1.54, 1.807) is 24.3 Å². The van der Waals surface area contributed by atoms with E-state index in [0.717, 1.165) is 10.0 Å². The number of benzene rings is 2. The van der Waals surface area contributed by atoms with Crippen molar-refractivity contribution in [2.45, 2.75) is 4.90 Å². The molecule has 3 aromatic rings. The number of hydrazone groups is 1. The third-order valence-corrected chi connectivity index (χ3v) is 5.61. The third-order valence-electron chi connectivity index (χ3n) is 3.75. The van der Waals surface area contributed by atoms with Crippen LogP contribution < -0.4 is 5.43 Å². The summed E-state index contributed by atoms with van der Waals surface area (Å²) in [5.74, 6) is 1.44. The molecule has 1 aliphatic rings. The van der Waals surface area contributed by atoms with Gasteiger partial charge in [-0.2, -0.15) is 13.5 Å². The lowest BCUT2D eigenvalue weighted by Gasteiger charge is -1.99. The zero-order valence-electron chi connectivity index (χ0n) is 13.3. The smallest absolute Gasteiger partial charge is 0.285 e. The average Bonchev–Trinajstić information content (AvgIpc) is 3.19. The molecular weight excluding hydrogens is 418 g/mol. The first-order valence-corrected chi connectivity index (χ1v) is 9.85. The normalized spacial score (nSPS) is 15.0. The second kappa shape index (κ2) is 6.54. The van der Waals surface area contributed by atoms with Crippen LogP contribution in [0.25, 0.3) is 11.3 Å². The molecule has 130 valence electrons. The topological polar surface area (TPSA) is 84.0 Å². The molecule has 0 spiro atoms. The summed E-state index contributed by atoms with van der Waals surface area (Å²) in [5, 5.41) is 4.04. The monoisotopic (exact) mass is 429 g/mol. The van der Waals surface area contributed by atoms with Crippen molar-refractivity contribution in [2.24, 2.45) is 9.50 Å². The Kier molecular flexibility index (Phi) is 4.21. The molecule has 0 fully saturated rings. The van der Waals surface area contributed by atoms with Crippen molar-refractivity contribution in [1.82, 2.24) is 5.43 Å². The highest BCUT2D eigenvalue weighted by atomic mass is 79.9. The summed E-state index contributed by atoms with van der Waals surface area (Å²) in [6, 6.07) is 18.0. The molecule has 0 amide bonds. The van der Waals surface area contributed by atoms with Crippen molar-refractivity contribution in [3.8, 4) is 11.3 Å². The lowest BCUT2D eigenvalue weighted by atomic mass is 10.2. The van der Waals surface area contributed by atoms with E-state index in [0.29, 0.717) is 17.1 Å². The maximum absolute atomic E-state index is 12.0. The maximum atomic E-state index is 12.0. The van der Waals surface area contributed by atoms with Crippen molar-refractivity contribution in [2.75, 3.05) is 0 Å². The molecular formula is C18H12BrN3O3S. The third kappa shape index (κ3) is 3.21. The zero-order valence-corrected chi connectivity index (χ0v) is 15.7. The minimum Gasteiger partial charge on any atom is -0.455 e. The molecule has 0 saturated heterocycles. The fourth-order valence-electron chi connectivity index (χ4n) is 2.53. The number of fused-ring (bicyclic) bond motifs is 1. The van der Waals surface area contributed by atoms with Gasteiger partial charge in [0.15, 0.2) is 5.84 Å². The Hall–Kier alpha value is -2.71. The first kappa shape index (κ1) is 16.7. The minimum absolute atomic E-state index is 0.174. The number of amidine groups is 1. The molecule has 0 atom stereocenters. The van der Waals surface area contributed by atoms with Gasteiger partial charge in [0.2, 0.25) is 0 Å². The van der Waals surface area contributed by atoms with E-state index >= 15 is 0 Å². The number of nitrogens with zero attached hydrogens (tertiary/aromatic N) is 2. The Morgan fingerprint density at radius 2 is 1.81 bits per heavy atom. The van der Waals surface area contributed by atoms with E-state index in [1.165, 1.54) is 12.3 Å². The fourth-order valence-corrected chi connectivity index (χ4v) is 3.97. The van der Waals surface area contributed by atoms with Gasteiger partial charge in [-0.25, -0.2) is 0 Å². The molecule has 8 heteroatoms. The predicted molar refractivity (Wildman–Crippen MR) is 103 cm³/mol. The highest BCUT2D eigenvalue weighted by Gasteiger charge is 2.28. The second-order valence-corrected chi connectivity index (χ2v) is 7.98. The number of sulfonamides is 1. The van der Waals surface area contributed by atoms with Crippen LogP contribution in [0.2, 0.25) is 0 Å². The van der Waals surface area contributed by atoms with Gasteiger partial charge in [-0.15, -0.1) is 4.40 Å². The number of rotatable bonds is 3. The predicted octanol–water partition coefficient (Wildman–Crippen LogP) is 3.78. The molecule has 1 N–H and O–H groups in total. The highest BCUT2D eigenvalue weighted by Crippen LogP contribution is 2.25.